The van der Waals surface area contributed by atoms with E-state index in [1.807, 2.05) is 12.1 Å². The number of hydrogen-bond donors (Lipinski definition) is 0. The number of anilines is 2. The molecule has 0 saturated heterocycles. The summed E-state index contributed by atoms with van der Waals surface area (Å²) in [5.41, 5.74) is 15.3. The molecule has 67 heavy (non-hydrogen) atoms. The summed E-state index contributed by atoms with van der Waals surface area (Å²) < 4.78 is 8.67. The maximum absolute atomic E-state index is 6.18. The summed E-state index contributed by atoms with van der Waals surface area (Å²) in [6, 6.07) is 59.4. The molecule has 1 aliphatic heterocycles. The van der Waals surface area contributed by atoms with Crippen LogP contribution in [0.2, 0.25) is 0 Å². The molecule has 3 aliphatic rings. The number of para-hydroxylation sites is 2. The lowest BCUT2D eigenvalue weighted by molar-refractivity contribution is 0.547. The highest BCUT2D eigenvalue weighted by molar-refractivity contribution is 6.22. The number of fused-ring (bicyclic) bond motifs is 12. The maximum Gasteiger partial charge on any atom is 0.231 e. The highest BCUT2D eigenvalue weighted by atomic mass is 16.3. The zero-order valence-electron chi connectivity index (χ0n) is 37.2. The molecule has 318 valence electrons. The van der Waals surface area contributed by atoms with Crippen LogP contribution in [0.3, 0.4) is 0 Å². The van der Waals surface area contributed by atoms with E-state index in [0.717, 1.165) is 67.3 Å². The van der Waals surface area contributed by atoms with Crippen LogP contribution in [0, 0.1) is 5.92 Å². The fraction of sp³-hybridized carbons (Fsp3) is 0.0968. The number of rotatable bonds is 5. The van der Waals surface area contributed by atoms with Gasteiger partial charge in [-0.3, -0.25) is 0 Å². The standard InChI is InChI=1S/C62H44N4O/c1-38-12-11-14-45(34-38)65-53-29-26-42(36-50(53)59-46-15-4-3-13-40(46)25-31-55(59)65)39-21-23-41(24-22-39)60-48-17-5-7-18-52(48)63-61(64-60)66-54-30-27-44(37-51(54)62(2)33-10-9-20-58(62)66)43-28-32-57-49(35-43)47-16-6-8-19-56(47)67-57/h3-33,35-38,58H,34H2,1-2H3. The van der Waals surface area contributed by atoms with Crippen molar-refractivity contribution in [2.75, 3.05) is 4.90 Å². The predicted octanol–water partition coefficient (Wildman–Crippen LogP) is 16.1. The normalized spacial score (nSPS) is 18.8. The molecular formula is C62H44N4O. The number of benzene rings is 8. The van der Waals surface area contributed by atoms with Gasteiger partial charge in [-0.05, 0) is 119 Å². The van der Waals surface area contributed by atoms with Crippen LogP contribution in [0.5, 0.6) is 0 Å². The zero-order valence-corrected chi connectivity index (χ0v) is 37.2. The van der Waals surface area contributed by atoms with Crippen molar-refractivity contribution >= 4 is 82.8 Å². The van der Waals surface area contributed by atoms with Crippen LogP contribution in [0.1, 0.15) is 25.8 Å². The third-order valence-electron chi connectivity index (χ3n) is 14.8. The lowest BCUT2D eigenvalue weighted by atomic mass is 9.75. The van der Waals surface area contributed by atoms with Gasteiger partial charge < -0.3 is 13.9 Å². The van der Waals surface area contributed by atoms with Gasteiger partial charge in [-0.25, -0.2) is 9.97 Å². The predicted molar refractivity (Wildman–Crippen MR) is 279 cm³/mol. The van der Waals surface area contributed by atoms with Crippen LogP contribution in [0.15, 0.2) is 211 Å². The van der Waals surface area contributed by atoms with E-state index in [4.69, 9.17) is 14.4 Å². The van der Waals surface area contributed by atoms with E-state index in [9.17, 15) is 0 Å². The third-order valence-corrected chi connectivity index (χ3v) is 14.8. The highest BCUT2D eigenvalue weighted by Gasteiger charge is 2.47. The summed E-state index contributed by atoms with van der Waals surface area (Å²) in [6.45, 7) is 4.64. The Morgan fingerprint density at radius 3 is 2.16 bits per heavy atom. The molecule has 3 aromatic heterocycles. The van der Waals surface area contributed by atoms with Gasteiger partial charge in [0.05, 0.1) is 28.3 Å². The molecule has 0 radical (unpaired) electrons. The zero-order chi connectivity index (χ0) is 44.4. The minimum absolute atomic E-state index is 0.00770. The van der Waals surface area contributed by atoms with Crippen LogP contribution in [-0.4, -0.2) is 20.6 Å². The Hall–Kier alpha value is -8.28. The molecular weight excluding hydrogens is 817 g/mol. The number of aromatic nitrogens is 3. The van der Waals surface area contributed by atoms with Crippen LogP contribution in [-0.2, 0) is 5.41 Å². The SMILES string of the molecule is CC1C=CC=C(n2c3ccc(-c4ccc(-c5nc(N6c7ccc(-c8ccc9oc%10ccccc%10c9c8)cc7C7(C)C=CC=CC67)nc6ccccc56)cc4)cc3c3c4ccccc4ccc32)C1. The molecule has 11 aromatic rings. The molecule has 14 rings (SSSR count). The van der Waals surface area contributed by atoms with Crippen LogP contribution in [0.25, 0.3) is 105 Å². The smallest absolute Gasteiger partial charge is 0.231 e. The van der Waals surface area contributed by atoms with Crippen molar-refractivity contribution in [3.05, 3.63) is 212 Å². The number of furan rings is 1. The summed E-state index contributed by atoms with van der Waals surface area (Å²) >= 11 is 0. The summed E-state index contributed by atoms with van der Waals surface area (Å²) in [5.74, 6) is 1.19. The largest absolute Gasteiger partial charge is 0.456 e. The Kier molecular flexibility index (Phi) is 8.15. The number of allylic oxidation sites excluding steroid dienone is 6. The van der Waals surface area contributed by atoms with Gasteiger partial charge in [0.15, 0.2) is 0 Å². The first-order chi connectivity index (χ1) is 33.0. The highest BCUT2D eigenvalue weighted by Crippen LogP contribution is 2.52. The molecule has 8 aromatic carbocycles. The van der Waals surface area contributed by atoms with Gasteiger partial charge in [0.25, 0.3) is 0 Å². The van der Waals surface area contributed by atoms with Crippen molar-refractivity contribution in [3.63, 3.8) is 0 Å². The van der Waals surface area contributed by atoms with E-state index in [1.54, 1.807) is 0 Å². The van der Waals surface area contributed by atoms with Gasteiger partial charge >= 0.3 is 0 Å². The van der Waals surface area contributed by atoms with Crippen molar-refractivity contribution in [1.29, 1.82) is 0 Å². The average molecular weight is 861 g/mol. The first-order valence-corrected chi connectivity index (χ1v) is 23.4. The van der Waals surface area contributed by atoms with Gasteiger partial charge in [-0.1, -0.05) is 153 Å². The second-order valence-corrected chi connectivity index (χ2v) is 18.8. The van der Waals surface area contributed by atoms with Gasteiger partial charge in [0, 0.05) is 49.3 Å². The Morgan fingerprint density at radius 1 is 0.567 bits per heavy atom. The number of hydrogen-bond acceptors (Lipinski definition) is 4. The Morgan fingerprint density at radius 2 is 1.27 bits per heavy atom. The Balaban J connectivity index is 0.867. The Bertz CT molecular complexity index is 4010. The van der Waals surface area contributed by atoms with Crippen LogP contribution < -0.4 is 4.90 Å². The van der Waals surface area contributed by atoms with Crippen molar-refractivity contribution < 1.29 is 4.42 Å². The summed E-state index contributed by atoms with van der Waals surface area (Å²) in [5, 5.41) is 8.40. The first-order valence-electron chi connectivity index (χ1n) is 23.4. The third kappa shape index (κ3) is 5.74. The van der Waals surface area contributed by atoms with E-state index in [2.05, 4.69) is 218 Å². The van der Waals surface area contributed by atoms with Crippen molar-refractivity contribution in [1.82, 2.24) is 14.5 Å². The van der Waals surface area contributed by atoms with Crippen molar-refractivity contribution in [2.45, 2.75) is 31.7 Å². The molecule has 0 bridgehead atoms. The second-order valence-electron chi connectivity index (χ2n) is 18.8. The number of nitrogens with zero attached hydrogens (tertiary/aromatic N) is 4. The Labute approximate surface area is 387 Å². The van der Waals surface area contributed by atoms with E-state index >= 15 is 0 Å². The van der Waals surface area contributed by atoms with Crippen molar-refractivity contribution in [2.24, 2.45) is 5.92 Å². The topological polar surface area (TPSA) is 47.1 Å². The molecule has 0 spiro atoms. The molecule has 0 amide bonds. The van der Waals surface area contributed by atoms with Crippen LogP contribution in [0.4, 0.5) is 11.6 Å². The maximum atomic E-state index is 6.18. The van der Waals surface area contributed by atoms with Crippen LogP contribution >= 0.6 is 0 Å². The fourth-order valence-electron chi connectivity index (χ4n) is 11.5. The first kappa shape index (κ1) is 38.0. The van der Waals surface area contributed by atoms with E-state index in [0.29, 0.717) is 11.9 Å². The average Bonchev–Trinajstić information content (AvgIpc) is 4.01. The molecule has 4 heterocycles. The molecule has 5 heteroatoms. The molecule has 2 aliphatic carbocycles. The van der Waals surface area contributed by atoms with Gasteiger partial charge in [0.2, 0.25) is 5.95 Å². The molecule has 0 fully saturated rings. The molecule has 0 N–H and O–H groups in total. The van der Waals surface area contributed by atoms with E-state index < -0.39 is 0 Å². The van der Waals surface area contributed by atoms with Gasteiger partial charge in [-0.2, -0.15) is 0 Å². The van der Waals surface area contributed by atoms with Gasteiger partial charge in [0.1, 0.15) is 11.2 Å². The lowest BCUT2D eigenvalue weighted by Gasteiger charge is -2.33. The van der Waals surface area contributed by atoms with E-state index in [-0.39, 0.29) is 11.5 Å². The summed E-state index contributed by atoms with van der Waals surface area (Å²) in [7, 11) is 0. The minimum Gasteiger partial charge on any atom is -0.456 e. The molecule has 0 saturated carbocycles. The summed E-state index contributed by atoms with van der Waals surface area (Å²) in [6.07, 6.45) is 16.8. The van der Waals surface area contributed by atoms with Crippen molar-refractivity contribution in [3.8, 4) is 33.5 Å². The molecule has 3 unspecified atom stereocenters. The minimum atomic E-state index is -0.300. The molecule has 3 atom stereocenters. The van der Waals surface area contributed by atoms with E-state index in [1.165, 1.54) is 55.0 Å². The monoisotopic (exact) mass is 860 g/mol. The van der Waals surface area contributed by atoms with Gasteiger partial charge in [-0.15, -0.1) is 0 Å². The second kappa shape index (κ2) is 14.4. The fourth-order valence-corrected chi connectivity index (χ4v) is 11.5. The summed E-state index contributed by atoms with van der Waals surface area (Å²) in [4.78, 5) is 13.2. The quantitative estimate of drug-likeness (QED) is 0.173. The molecule has 5 nitrogen and oxygen atoms in total. The lowest BCUT2D eigenvalue weighted by Crippen LogP contribution is -2.39.